The topological polar surface area (TPSA) is 32.8 Å². The lowest BCUT2D eigenvalue weighted by Gasteiger charge is -2.34. The summed E-state index contributed by atoms with van der Waals surface area (Å²) in [5.41, 5.74) is 17.6. The van der Waals surface area contributed by atoms with Crippen LogP contribution < -0.4 is 4.40 Å². The van der Waals surface area contributed by atoms with Gasteiger partial charge in [0.15, 0.2) is 11.0 Å². The van der Waals surface area contributed by atoms with Gasteiger partial charge in [0.1, 0.15) is 0 Å². The maximum absolute atomic E-state index is 4.33. The van der Waals surface area contributed by atoms with E-state index in [4.69, 9.17) is 0 Å². The number of pyridine rings is 2. The number of nitrogens with one attached hydrogen (secondary N) is 1. The normalized spacial score (nSPS) is 13.0. The zero-order chi connectivity index (χ0) is 33.1. The van der Waals surface area contributed by atoms with Crippen molar-refractivity contribution in [3.8, 4) is 44.5 Å². The van der Waals surface area contributed by atoms with Crippen molar-refractivity contribution >= 4 is 16.7 Å². The molecule has 0 fully saturated rings. The summed E-state index contributed by atoms with van der Waals surface area (Å²) in [5, 5.41) is 0. The Morgan fingerprint density at radius 3 is 1.90 bits per heavy atom. The first kappa shape index (κ1) is 28.4. The molecule has 234 valence electrons. The number of hydrogen-bond acceptors (Lipinski definition) is 1. The van der Waals surface area contributed by atoms with E-state index in [1.165, 1.54) is 50.1 Å². The Bertz CT molecular complexity index is 2640. The average molecular weight is 639 g/mol. The fraction of sp³-hybridized carbons (Fsp3) is 0.0213. The van der Waals surface area contributed by atoms with Crippen LogP contribution in [0.15, 0.2) is 188 Å². The molecule has 0 bridgehead atoms. The summed E-state index contributed by atoms with van der Waals surface area (Å²) in [6.45, 7) is 0. The molecular weight excluding hydrogens is 607 g/mol. The zero-order valence-corrected chi connectivity index (χ0v) is 27.3. The molecule has 3 aromatic heterocycles. The van der Waals surface area contributed by atoms with Gasteiger partial charge in [-0.15, -0.1) is 0 Å². The largest absolute Gasteiger partial charge is 0.284 e. The standard InChI is InChI=1S/C47H31N3/c1-3-13-37(14-4-1)47(38-15-5-2-6-16-38)42-18-8-7-17-39(42)40-25-24-34(29-43(40)47)36-28-41(46-44(30-36)50-27-10-9-19-45(50)49-46)33-22-20-32(21-23-33)35-12-11-26-48-31-35/h1-31H/p+1. The van der Waals surface area contributed by atoms with Gasteiger partial charge in [0.2, 0.25) is 0 Å². The van der Waals surface area contributed by atoms with Gasteiger partial charge in [-0.1, -0.05) is 133 Å². The van der Waals surface area contributed by atoms with Crippen LogP contribution in [0.25, 0.3) is 61.2 Å². The lowest BCUT2D eigenvalue weighted by Crippen LogP contribution is -2.28. The third-order valence-corrected chi connectivity index (χ3v) is 10.5. The molecule has 0 spiro atoms. The van der Waals surface area contributed by atoms with Crippen LogP contribution in [0.1, 0.15) is 22.3 Å². The van der Waals surface area contributed by atoms with Gasteiger partial charge in [-0.2, -0.15) is 4.40 Å². The fourth-order valence-electron chi connectivity index (χ4n) is 8.23. The molecule has 0 aliphatic heterocycles. The second kappa shape index (κ2) is 11.3. The predicted molar refractivity (Wildman–Crippen MR) is 203 cm³/mol. The van der Waals surface area contributed by atoms with E-state index in [9.17, 15) is 0 Å². The maximum atomic E-state index is 4.33. The maximum Gasteiger partial charge on any atom is 0.284 e. The minimum atomic E-state index is -0.449. The number of fused-ring (bicyclic) bond motifs is 6. The van der Waals surface area contributed by atoms with E-state index in [0.29, 0.717) is 0 Å². The van der Waals surface area contributed by atoms with E-state index in [2.05, 4.69) is 184 Å². The van der Waals surface area contributed by atoms with E-state index in [-0.39, 0.29) is 0 Å². The van der Waals surface area contributed by atoms with Crippen molar-refractivity contribution < 1.29 is 4.40 Å². The summed E-state index contributed by atoms with van der Waals surface area (Å²) < 4.78 is 2.26. The number of rotatable bonds is 5. The SMILES string of the molecule is c1ccc(C2(c3ccccc3)c3ccccc3-c3ccc(-c4cc(-c5ccc(-c6cccnc6)cc5)c5[nH]c6cccc[n+]6c5c4)cc32)cc1. The summed E-state index contributed by atoms with van der Waals surface area (Å²) in [6.07, 6.45) is 5.87. The van der Waals surface area contributed by atoms with Crippen LogP contribution in [-0.2, 0) is 5.41 Å². The molecule has 0 saturated carbocycles. The monoisotopic (exact) mass is 638 g/mol. The van der Waals surface area contributed by atoms with Crippen molar-refractivity contribution in [3.05, 3.63) is 211 Å². The molecule has 0 unspecified atom stereocenters. The molecule has 1 N–H and O–H groups in total. The van der Waals surface area contributed by atoms with E-state index >= 15 is 0 Å². The van der Waals surface area contributed by atoms with E-state index in [1.54, 1.807) is 0 Å². The van der Waals surface area contributed by atoms with Crippen molar-refractivity contribution in [1.82, 2.24) is 9.97 Å². The number of aromatic amines is 1. The Morgan fingerprint density at radius 2 is 1.14 bits per heavy atom. The molecule has 3 nitrogen and oxygen atoms in total. The highest BCUT2D eigenvalue weighted by atomic mass is 15.0. The molecule has 50 heavy (non-hydrogen) atoms. The molecule has 9 aromatic rings. The Labute approximate surface area is 290 Å². The van der Waals surface area contributed by atoms with Gasteiger partial charge in [0, 0.05) is 24.0 Å². The smallest absolute Gasteiger partial charge is 0.264 e. The Kier molecular flexibility index (Phi) is 6.40. The van der Waals surface area contributed by atoms with Gasteiger partial charge in [-0.25, -0.2) is 4.98 Å². The van der Waals surface area contributed by atoms with Crippen LogP contribution in [-0.4, -0.2) is 9.97 Å². The summed E-state index contributed by atoms with van der Waals surface area (Å²) in [4.78, 5) is 8.06. The molecule has 1 aliphatic carbocycles. The van der Waals surface area contributed by atoms with Gasteiger partial charge in [0.05, 0.1) is 11.6 Å². The molecule has 0 radical (unpaired) electrons. The number of nitrogens with zero attached hydrogens (tertiary/aromatic N) is 2. The number of H-pyrrole nitrogens is 1. The van der Waals surface area contributed by atoms with Crippen molar-refractivity contribution in [3.63, 3.8) is 0 Å². The summed E-state index contributed by atoms with van der Waals surface area (Å²) >= 11 is 0. The first-order chi connectivity index (χ1) is 24.8. The Balaban J connectivity index is 1.22. The van der Waals surface area contributed by atoms with E-state index < -0.39 is 5.41 Å². The van der Waals surface area contributed by atoms with Crippen molar-refractivity contribution in [2.45, 2.75) is 5.41 Å². The highest BCUT2D eigenvalue weighted by Gasteiger charge is 2.46. The first-order valence-electron chi connectivity index (χ1n) is 17.1. The molecular formula is C47H32N3+. The summed E-state index contributed by atoms with van der Waals surface area (Å²) in [5.74, 6) is 0. The lowest BCUT2D eigenvalue weighted by atomic mass is 9.67. The molecule has 0 amide bonds. The first-order valence-corrected chi connectivity index (χ1v) is 17.1. The molecule has 3 heterocycles. The molecule has 0 atom stereocenters. The third kappa shape index (κ3) is 4.23. The van der Waals surface area contributed by atoms with Crippen molar-refractivity contribution in [2.75, 3.05) is 0 Å². The molecule has 0 saturated heterocycles. The van der Waals surface area contributed by atoms with Crippen LogP contribution in [0, 0.1) is 0 Å². The van der Waals surface area contributed by atoms with Gasteiger partial charge in [-0.05, 0) is 91.5 Å². The molecule has 10 rings (SSSR count). The van der Waals surface area contributed by atoms with Crippen molar-refractivity contribution in [1.29, 1.82) is 0 Å². The number of benzene rings is 6. The van der Waals surface area contributed by atoms with E-state index in [1.807, 2.05) is 18.5 Å². The molecule has 3 heteroatoms. The molecule has 6 aromatic carbocycles. The number of aromatic nitrogens is 3. The van der Waals surface area contributed by atoms with Gasteiger partial charge >= 0.3 is 0 Å². The predicted octanol–water partition coefficient (Wildman–Crippen LogP) is 10.7. The minimum Gasteiger partial charge on any atom is -0.264 e. The lowest BCUT2D eigenvalue weighted by molar-refractivity contribution is -0.480. The van der Waals surface area contributed by atoms with Crippen LogP contribution in [0.5, 0.6) is 0 Å². The van der Waals surface area contributed by atoms with Gasteiger partial charge in [0.25, 0.3) is 5.65 Å². The summed E-state index contributed by atoms with van der Waals surface area (Å²) in [6, 6.07) is 62.0. The molecule has 1 aliphatic rings. The second-order valence-electron chi connectivity index (χ2n) is 13.1. The average Bonchev–Trinajstić information content (AvgIpc) is 3.72. The minimum absolute atomic E-state index is 0.449. The third-order valence-electron chi connectivity index (χ3n) is 10.5. The Hall–Kier alpha value is -6.58. The van der Waals surface area contributed by atoms with Crippen LogP contribution >= 0.6 is 0 Å². The second-order valence-corrected chi connectivity index (χ2v) is 13.1. The number of imidazole rings is 1. The fourth-order valence-corrected chi connectivity index (χ4v) is 8.23. The van der Waals surface area contributed by atoms with Gasteiger partial charge < -0.3 is 0 Å². The zero-order valence-electron chi connectivity index (χ0n) is 27.3. The highest BCUT2D eigenvalue weighted by Crippen LogP contribution is 2.56. The summed E-state index contributed by atoms with van der Waals surface area (Å²) in [7, 11) is 0. The Morgan fingerprint density at radius 1 is 0.460 bits per heavy atom. The van der Waals surface area contributed by atoms with Crippen molar-refractivity contribution in [2.24, 2.45) is 0 Å². The quantitative estimate of drug-likeness (QED) is 0.187. The number of hydrogen-bond donors (Lipinski definition) is 1. The van der Waals surface area contributed by atoms with Gasteiger partial charge in [-0.3, -0.25) is 4.98 Å². The highest BCUT2D eigenvalue weighted by molar-refractivity contribution is 5.97. The van der Waals surface area contributed by atoms with E-state index in [0.717, 1.165) is 33.4 Å². The van der Waals surface area contributed by atoms with Crippen LogP contribution in [0.2, 0.25) is 0 Å². The van der Waals surface area contributed by atoms with Crippen LogP contribution in [0.3, 0.4) is 0 Å². The van der Waals surface area contributed by atoms with Crippen LogP contribution in [0.4, 0.5) is 0 Å².